The van der Waals surface area contributed by atoms with Crippen LogP contribution in [0.1, 0.15) is 11.3 Å². The van der Waals surface area contributed by atoms with Gasteiger partial charge in [0.05, 0.1) is 0 Å². The molecule has 2 aromatic rings. The molecule has 0 aromatic carbocycles. The van der Waals surface area contributed by atoms with Crippen molar-refractivity contribution in [3.8, 4) is 0 Å². The Morgan fingerprint density at radius 3 is 2.55 bits per heavy atom. The van der Waals surface area contributed by atoms with E-state index in [-0.39, 0.29) is 16.4 Å². The summed E-state index contributed by atoms with van der Waals surface area (Å²) >= 11 is 0.890. The Labute approximate surface area is 116 Å². The fraction of sp³-hybridized carbons (Fsp3) is 0.0909. The molecule has 104 valence electrons. The maximum absolute atomic E-state index is 12.7. The second-order valence-corrected chi connectivity index (χ2v) is 4.62. The summed E-state index contributed by atoms with van der Waals surface area (Å²) in [6, 6.07) is 3.44. The summed E-state index contributed by atoms with van der Waals surface area (Å²) < 4.78 is 38.0. The van der Waals surface area contributed by atoms with E-state index in [0.29, 0.717) is 5.03 Å². The summed E-state index contributed by atoms with van der Waals surface area (Å²) in [5.74, 6) is -0.359. The van der Waals surface area contributed by atoms with Gasteiger partial charge in [-0.2, -0.15) is 13.2 Å². The number of alkyl halides is 3. The number of nitrogen functional groups attached to an aromatic ring is 1. The van der Waals surface area contributed by atoms with Crippen LogP contribution < -0.4 is 5.73 Å². The van der Waals surface area contributed by atoms with Gasteiger partial charge in [0.15, 0.2) is 0 Å². The van der Waals surface area contributed by atoms with Crippen molar-refractivity contribution in [1.82, 2.24) is 15.0 Å². The first kappa shape index (κ1) is 14.3. The maximum Gasteiger partial charge on any atom is 0.433 e. The Hall–Kier alpha value is -2.16. The largest absolute Gasteiger partial charge is 0.433 e. The summed E-state index contributed by atoms with van der Waals surface area (Å²) in [6.07, 6.45) is -1.84. The predicted octanol–water partition coefficient (Wildman–Crippen LogP) is 2.33. The summed E-state index contributed by atoms with van der Waals surface area (Å²) in [6.45, 7) is 0. The quantitative estimate of drug-likeness (QED) is 0.516. The number of hydrogen-bond donors (Lipinski definition) is 2. The van der Waals surface area contributed by atoms with Gasteiger partial charge in [-0.25, -0.2) is 15.0 Å². The van der Waals surface area contributed by atoms with Crippen molar-refractivity contribution in [1.29, 1.82) is 5.41 Å². The van der Waals surface area contributed by atoms with Gasteiger partial charge in [-0.3, -0.25) is 5.41 Å². The van der Waals surface area contributed by atoms with E-state index in [4.69, 9.17) is 11.1 Å². The highest BCUT2D eigenvalue weighted by molar-refractivity contribution is 7.99. The fourth-order valence-corrected chi connectivity index (χ4v) is 2.18. The van der Waals surface area contributed by atoms with E-state index in [1.807, 2.05) is 0 Å². The fourth-order valence-electron chi connectivity index (χ4n) is 1.32. The van der Waals surface area contributed by atoms with E-state index in [0.717, 1.165) is 23.9 Å². The van der Waals surface area contributed by atoms with Crippen LogP contribution in [0.25, 0.3) is 0 Å². The van der Waals surface area contributed by atoms with Crippen LogP contribution in [0.2, 0.25) is 0 Å². The molecule has 0 aliphatic heterocycles. The average Bonchev–Trinajstić information content (AvgIpc) is 2.38. The lowest BCUT2D eigenvalue weighted by molar-refractivity contribution is -0.141. The number of pyridine rings is 1. The number of nitrogens with zero attached hydrogens (tertiary/aromatic N) is 3. The molecule has 0 aliphatic carbocycles. The second kappa shape index (κ2) is 5.45. The Balaban J connectivity index is 2.45. The first-order chi connectivity index (χ1) is 9.38. The lowest BCUT2D eigenvalue weighted by Gasteiger charge is -2.10. The third-order valence-corrected chi connectivity index (χ3v) is 3.15. The van der Waals surface area contributed by atoms with Crippen LogP contribution in [0, 0.1) is 5.41 Å². The molecule has 0 unspecified atom stereocenters. The minimum absolute atomic E-state index is 0.0222. The van der Waals surface area contributed by atoms with E-state index < -0.39 is 11.9 Å². The Morgan fingerprint density at radius 1 is 1.25 bits per heavy atom. The van der Waals surface area contributed by atoms with E-state index in [2.05, 4.69) is 15.0 Å². The topological polar surface area (TPSA) is 88.5 Å². The van der Waals surface area contributed by atoms with E-state index in [1.165, 1.54) is 18.6 Å². The zero-order valence-corrected chi connectivity index (χ0v) is 10.7. The SMILES string of the molecule is N=C(N)c1ccc(C(F)(F)F)nc1Sc1ccncn1. The van der Waals surface area contributed by atoms with Gasteiger partial charge in [-0.05, 0) is 30.0 Å². The number of hydrogen-bond acceptors (Lipinski definition) is 5. The molecule has 0 aliphatic rings. The summed E-state index contributed by atoms with van der Waals surface area (Å²) in [4.78, 5) is 11.1. The lowest BCUT2D eigenvalue weighted by Crippen LogP contribution is -2.16. The molecule has 0 spiro atoms. The molecule has 9 heteroatoms. The van der Waals surface area contributed by atoms with Crippen LogP contribution in [-0.2, 0) is 6.18 Å². The summed E-state index contributed by atoms with van der Waals surface area (Å²) in [5, 5.41) is 7.77. The van der Waals surface area contributed by atoms with Crippen molar-refractivity contribution in [2.75, 3.05) is 0 Å². The number of amidine groups is 1. The molecular weight excluding hydrogens is 291 g/mol. The van der Waals surface area contributed by atoms with E-state index >= 15 is 0 Å². The van der Waals surface area contributed by atoms with Gasteiger partial charge in [-0.15, -0.1) is 0 Å². The Bertz CT molecular complexity index is 630. The van der Waals surface area contributed by atoms with Crippen LogP contribution in [0.5, 0.6) is 0 Å². The molecule has 0 amide bonds. The molecule has 0 saturated carbocycles. The van der Waals surface area contributed by atoms with E-state index in [1.54, 1.807) is 0 Å². The third kappa shape index (κ3) is 3.23. The zero-order valence-electron chi connectivity index (χ0n) is 9.85. The summed E-state index contributed by atoms with van der Waals surface area (Å²) in [7, 11) is 0. The van der Waals surface area contributed by atoms with Gasteiger partial charge in [0.25, 0.3) is 0 Å². The van der Waals surface area contributed by atoms with Crippen molar-refractivity contribution in [2.45, 2.75) is 16.2 Å². The highest BCUT2D eigenvalue weighted by Gasteiger charge is 2.33. The van der Waals surface area contributed by atoms with Gasteiger partial charge < -0.3 is 5.73 Å². The van der Waals surface area contributed by atoms with Gasteiger partial charge in [0.2, 0.25) is 0 Å². The molecule has 0 fully saturated rings. The number of nitrogens with one attached hydrogen (secondary N) is 1. The van der Waals surface area contributed by atoms with Gasteiger partial charge in [0, 0.05) is 11.8 Å². The van der Waals surface area contributed by atoms with Crippen molar-refractivity contribution < 1.29 is 13.2 Å². The predicted molar refractivity (Wildman–Crippen MR) is 66.4 cm³/mol. The van der Waals surface area contributed by atoms with Crippen molar-refractivity contribution in [2.24, 2.45) is 5.73 Å². The van der Waals surface area contributed by atoms with Crippen molar-refractivity contribution >= 4 is 17.6 Å². The zero-order chi connectivity index (χ0) is 14.8. The molecule has 0 atom stereocenters. The van der Waals surface area contributed by atoms with E-state index in [9.17, 15) is 13.2 Å². The Kier molecular flexibility index (Phi) is 3.89. The molecule has 0 saturated heterocycles. The molecule has 0 bridgehead atoms. The number of aromatic nitrogens is 3. The molecular formula is C11H8F3N5S. The number of halogens is 3. The summed E-state index contributed by atoms with van der Waals surface area (Å²) in [5.41, 5.74) is 4.43. The standard InChI is InChI=1S/C11H8F3N5S/c12-11(13,14)7-2-1-6(9(15)16)10(19-7)20-8-3-4-17-5-18-8/h1-5H,(H3,15,16). The highest BCUT2D eigenvalue weighted by Crippen LogP contribution is 2.32. The minimum atomic E-state index is -4.56. The van der Waals surface area contributed by atoms with Gasteiger partial charge in [0.1, 0.15) is 27.9 Å². The van der Waals surface area contributed by atoms with Gasteiger partial charge in [-0.1, -0.05) is 0 Å². The van der Waals surface area contributed by atoms with Crippen LogP contribution in [0.15, 0.2) is 40.8 Å². The van der Waals surface area contributed by atoms with Crippen LogP contribution >= 0.6 is 11.8 Å². The smallest absolute Gasteiger partial charge is 0.384 e. The first-order valence-corrected chi connectivity index (χ1v) is 6.06. The van der Waals surface area contributed by atoms with Crippen molar-refractivity contribution in [3.63, 3.8) is 0 Å². The average molecular weight is 299 g/mol. The molecule has 5 nitrogen and oxygen atoms in total. The molecule has 3 N–H and O–H groups in total. The first-order valence-electron chi connectivity index (χ1n) is 5.24. The normalized spacial score (nSPS) is 11.3. The molecule has 20 heavy (non-hydrogen) atoms. The maximum atomic E-state index is 12.7. The number of rotatable bonds is 3. The third-order valence-electron chi connectivity index (χ3n) is 2.20. The monoisotopic (exact) mass is 299 g/mol. The number of nitrogens with two attached hydrogens (primary N) is 1. The second-order valence-electron chi connectivity index (χ2n) is 3.61. The molecule has 2 heterocycles. The highest BCUT2D eigenvalue weighted by atomic mass is 32.2. The van der Waals surface area contributed by atoms with Crippen LogP contribution in [0.3, 0.4) is 0 Å². The van der Waals surface area contributed by atoms with Crippen molar-refractivity contribution in [3.05, 3.63) is 42.0 Å². The minimum Gasteiger partial charge on any atom is -0.384 e. The molecule has 2 rings (SSSR count). The Morgan fingerprint density at radius 2 is 2.00 bits per heavy atom. The van der Waals surface area contributed by atoms with Gasteiger partial charge >= 0.3 is 6.18 Å². The lowest BCUT2D eigenvalue weighted by atomic mass is 10.2. The van der Waals surface area contributed by atoms with Crippen LogP contribution in [-0.4, -0.2) is 20.8 Å². The van der Waals surface area contributed by atoms with Crippen LogP contribution in [0.4, 0.5) is 13.2 Å². The molecule has 0 radical (unpaired) electrons. The molecule has 2 aromatic heterocycles.